The Labute approximate surface area is 138 Å². The van der Waals surface area contributed by atoms with Crippen molar-refractivity contribution < 1.29 is 18.0 Å². The van der Waals surface area contributed by atoms with Crippen molar-refractivity contribution in [3.8, 4) is 0 Å². The van der Waals surface area contributed by atoms with Crippen LogP contribution in [0.3, 0.4) is 0 Å². The monoisotopic (exact) mass is 345 g/mol. The minimum atomic E-state index is -2.99. The molecule has 2 unspecified atom stereocenters. The maximum Gasteiger partial charge on any atom is 0.325 e. The Bertz CT molecular complexity index is 561. The van der Waals surface area contributed by atoms with Gasteiger partial charge in [-0.25, -0.2) is 18.1 Å². The van der Waals surface area contributed by atoms with E-state index in [0.717, 1.165) is 6.42 Å². The van der Waals surface area contributed by atoms with E-state index in [-0.39, 0.29) is 36.2 Å². The van der Waals surface area contributed by atoms with Gasteiger partial charge in [-0.3, -0.25) is 9.69 Å². The molecule has 132 valence electrons. The molecule has 2 rings (SSSR count). The second-order valence-electron chi connectivity index (χ2n) is 6.91. The average molecular weight is 345 g/mol. The van der Waals surface area contributed by atoms with Crippen molar-refractivity contribution in [2.75, 3.05) is 24.7 Å². The van der Waals surface area contributed by atoms with E-state index in [0.29, 0.717) is 25.3 Å². The largest absolute Gasteiger partial charge is 0.326 e. The van der Waals surface area contributed by atoms with Gasteiger partial charge in [0.2, 0.25) is 0 Å². The highest BCUT2D eigenvalue weighted by Gasteiger charge is 2.40. The summed E-state index contributed by atoms with van der Waals surface area (Å²) in [6, 6.07) is -0.939. The highest BCUT2D eigenvalue weighted by atomic mass is 32.2. The van der Waals surface area contributed by atoms with E-state index in [1.807, 2.05) is 25.7 Å². The summed E-state index contributed by atoms with van der Waals surface area (Å²) in [6.45, 7) is 6.87. The van der Waals surface area contributed by atoms with Crippen molar-refractivity contribution in [2.45, 2.75) is 52.1 Å². The number of nitrogens with zero attached hydrogens (tertiary/aromatic N) is 2. The van der Waals surface area contributed by atoms with E-state index in [9.17, 15) is 18.0 Å². The van der Waals surface area contributed by atoms with Gasteiger partial charge in [0.05, 0.1) is 18.2 Å². The van der Waals surface area contributed by atoms with Crippen LogP contribution in [-0.2, 0) is 14.6 Å². The Morgan fingerprint density at radius 1 is 1.35 bits per heavy atom. The van der Waals surface area contributed by atoms with E-state index < -0.39 is 15.9 Å². The van der Waals surface area contributed by atoms with Crippen LogP contribution in [0.2, 0.25) is 0 Å². The smallest absolute Gasteiger partial charge is 0.325 e. The number of hydrogen-bond donors (Lipinski definition) is 1. The molecule has 7 nitrogen and oxygen atoms in total. The van der Waals surface area contributed by atoms with Gasteiger partial charge in [-0.2, -0.15) is 0 Å². The molecule has 2 heterocycles. The van der Waals surface area contributed by atoms with Gasteiger partial charge in [0, 0.05) is 6.04 Å². The number of carbonyl (C=O) groups excluding carboxylic acids is 2. The fourth-order valence-electron chi connectivity index (χ4n) is 3.24. The van der Waals surface area contributed by atoms with Crippen molar-refractivity contribution in [1.29, 1.82) is 0 Å². The first-order chi connectivity index (χ1) is 10.7. The number of nitrogens with one attached hydrogen (secondary N) is 1. The van der Waals surface area contributed by atoms with Gasteiger partial charge in [-0.15, -0.1) is 0 Å². The summed E-state index contributed by atoms with van der Waals surface area (Å²) >= 11 is 0. The first-order valence-electron chi connectivity index (χ1n) is 8.30. The van der Waals surface area contributed by atoms with E-state index in [2.05, 4.69) is 5.32 Å². The summed E-state index contributed by atoms with van der Waals surface area (Å²) in [6.07, 6.45) is 2.03. The van der Waals surface area contributed by atoms with Gasteiger partial charge in [-0.1, -0.05) is 20.8 Å². The standard InChI is InChI=1S/C15H27N3O4S/c1-4-6-17(12-5-7-23(21,22)9-12)10-18-14(19)13(8-11(2)3)16-15(18)20/h11-13H,4-10H2,1-3H3,(H,16,20). The van der Waals surface area contributed by atoms with Gasteiger partial charge < -0.3 is 5.32 Å². The van der Waals surface area contributed by atoms with Crippen LogP contribution in [0.4, 0.5) is 4.79 Å². The highest BCUT2D eigenvalue weighted by Crippen LogP contribution is 2.21. The van der Waals surface area contributed by atoms with Gasteiger partial charge in [0.25, 0.3) is 5.91 Å². The van der Waals surface area contributed by atoms with Crippen LogP contribution in [0.25, 0.3) is 0 Å². The molecule has 2 fully saturated rings. The fourth-order valence-corrected chi connectivity index (χ4v) is 5.00. The topological polar surface area (TPSA) is 86.8 Å². The second-order valence-corrected chi connectivity index (χ2v) is 9.14. The molecule has 0 bridgehead atoms. The quantitative estimate of drug-likeness (QED) is 0.690. The SMILES string of the molecule is CCCN(CN1C(=O)NC(CC(C)C)C1=O)C1CCS(=O)(=O)C1. The molecule has 3 amide bonds. The summed E-state index contributed by atoms with van der Waals surface area (Å²) in [5.74, 6) is 0.418. The van der Waals surface area contributed by atoms with Crippen molar-refractivity contribution >= 4 is 21.8 Å². The lowest BCUT2D eigenvalue weighted by Gasteiger charge is -2.30. The maximum atomic E-state index is 12.4. The highest BCUT2D eigenvalue weighted by molar-refractivity contribution is 7.91. The van der Waals surface area contributed by atoms with Crippen LogP contribution in [0.5, 0.6) is 0 Å². The summed E-state index contributed by atoms with van der Waals surface area (Å²) in [5, 5.41) is 2.73. The fraction of sp³-hybridized carbons (Fsp3) is 0.867. The van der Waals surface area contributed by atoms with E-state index in [4.69, 9.17) is 0 Å². The van der Waals surface area contributed by atoms with Crippen LogP contribution in [0.1, 0.15) is 40.0 Å². The molecule has 0 spiro atoms. The number of hydrogen-bond acceptors (Lipinski definition) is 5. The van der Waals surface area contributed by atoms with E-state index >= 15 is 0 Å². The predicted molar refractivity (Wildman–Crippen MR) is 87.5 cm³/mol. The molecule has 2 aliphatic rings. The summed E-state index contributed by atoms with van der Waals surface area (Å²) in [4.78, 5) is 27.7. The van der Waals surface area contributed by atoms with Crippen LogP contribution in [0.15, 0.2) is 0 Å². The third-order valence-corrected chi connectivity index (χ3v) is 6.12. The lowest BCUT2D eigenvalue weighted by molar-refractivity contribution is -0.129. The Balaban J connectivity index is 2.05. The lowest BCUT2D eigenvalue weighted by atomic mass is 10.0. The molecule has 1 N–H and O–H groups in total. The zero-order valence-corrected chi connectivity index (χ0v) is 14.9. The summed E-state index contributed by atoms with van der Waals surface area (Å²) in [7, 11) is -2.99. The predicted octanol–water partition coefficient (Wildman–Crippen LogP) is 0.810. The lowest BCUT2D eigenvalue weighted by Crippen LogP contribution is -2.47. The molecule has 23 heavy (non-hydrogen) atoms. The van der Waals surface area contributed by atoms with Gasteiger partial charge >= 0.3 is 6.03 Å². The van der Waals surface area contributed by atoms with Crippen LogP contribution < -0.4 is 5.32 Å². The van der Waals surface area contributed by atoms with Crippen molar-refractivity contribution in [2.24, 2.45) is 5.92 Å². The van der Waals surface area contributed by atoms with Crippen molar-refractivity contribution in [1.82, 2.24) is 15.1 Å². The summed E-state index contributed by atoms with van der Waals surface area (Å²) < 4.78 is 23.4. The molecule has 0 aromatic carbocycles. The van der Waals surface area contributed by atoms with Crippen molar-refractivity contribution in [3.63, 3.8) is 0 Å². The van der Waals surface area contributed by atoms with E-state index in [1.54, 1.807) is 0 Å². The van der Waals surface area contributed by atoms with E-state index in [1.165, 1.54) is 4.90 Å². The molecule has 0 saturated carbocycles. The number of imide groups is 1. The first-order valence-corrected chi connectivity index (χ1v) is 10.1. The minimum Gasteiger partial charge on any atom is -0.326 e. The Kier molecular flexibility index (Phi) is 5.67. The molecular weight excluding hydrogens is 318 g/mol. The van der Waals surface area contributed by atoms with Crippen LogP contribution in [-0.4, -0.2) is 67.0 Å². The Hall–Kier alpha value is -1.15. The Morgan fingerprint density at radius 3 is 2.57 bits per heavy atom. The van der Waals surface area contributed by atoms with Gasteiger partial charge in [0.15, 0.2) is 9.84 Å². The molecule has 2 atom stereocenters. The molecule has 0 aromatic heterocycles. The van der Waals surface area contributed by atoms with Crippen LogP contribution >= 0.6 is 0 Å². The number of sulfone groups is 1. The molecule has 2 aliphatic heterocycles. The van der Waals surface area contributed by atoms with Gasteiger partial charge in [0.1, 0.15) is 6.04 Å². The summed E-state index contributed by atoms with van der Waals surface area (Å²) in [5.41, 5.74) is 0. The first kappa shape index (κ1) is 18.2. The molecule has 2 saturated heterocycles. The normalized spacial score (nSPS) is 27.3. The van der Waals surface area contributed by atoms with Gasteiger partial charge in [-0.05, 0) is 31.7 Å². The molecule has 0 aromatic rings. The molecule has 8 heteroatoms. The Morgan fingerprint density at radius 2 is 2.04 bits per heavy atom. The zero-order valence-electron chi connectivity index (χ0n) is 14.1. The van der Waals surface area contributed by atoms with Crippen molar-refractivity contribution in [3.05, 3.63) is 0 Å². The van der Waals surface area contributed by atoms with Crippen LogP contribution in [0, 0.1) is 5.92 Å². The minimum absolute atomic E-state index is 0.107. The molecule has 0 aliphatic carbocycles. The molecule has 0 radical (unpaired) electrons. The number of rotatable bonds is 7. The maximum absolute atomic E-state index is 12.4. The molecular formula is C15H27N3O4S. The number of carbonyl (C=O) groups is 2. The number of urea groups is 1. The second kappa shape index (κ2) is 7.17. The number of amides is 3. The third-order valence-electron chi connectivity index (χ3n) is 4.37. The third kappa shape index (κ3) is 4.44. The zero-order chi connectivity index (χ0) is 17.2. The average Bonchev–Trinajstić information content (AvgIpc) is 2.92.